The maximum absolute atomic E-state index is 8.98. The zero-order valence-corrected chi connectivity index (χ0v) is 5.02. The quantitative estimate of drug-likeness (QED) is 0.548. The molecule has 0 radical (unpaired) electrons. The van der Waals surface area contributed by atoms with Gasteiger partial charge in [-0.2, -0.15) is 0 Å². The Kier molecular flexibility index (Phi) is 1.38. The van der Waals surface area contributed by atoms with Gasteiger partial charge in [0.1, 0.15) is 5.76 Å². The predicted octanol–water partition coefficient (Wildman–Crippen LogP) is 2.17. The standard InChI is InChI=1S/C7H10O/c1-2-6-4-3-5-7(6)8/h3,5,8H,2,4H2,1H3. The second kappa shape index (κ2) is 2.03. The van der Waals surface area contributed by atoms with Crippen LogP contribution in [0.2, 0.25) is 0 Å². The van der Waals surface area contributed by atoms with E-state index < -0.39 is 0 Å². The van der Waals surface area contributed by atoms with E-state index in [0.29, 0.717) is 5.76 Å². The summed E-state index contributed by atoms with van der Waals surface area (Å²) in [5.74, 6) is 0.479. The number of rotatable bonds is 1. The van der Waals surface area contributed by atoms with Crippen molar-refractivity contribution in [3.63, 3.8) is 0 Å². The molecular weight excluding hydrogens is 100 g/mol. The van der Waals surface area contributed by atoms with Crippen LogP contribution in [-0.2, 0) is 0 Å². The van der Waals surface area contributed by atoms with Crippen molar-refractivity contribution in [2.45, 2.75) is 19.8 Å². The fraction of sp³-hybridized carbons (Fsp3) is 0.429. The molecule has 1 N–H and O–H groups in total. The van der Waals surface area contributed by atoms with Crippen molar-refractivity contribution in [1.82, 2.24) is 0 Å². The first-order valence-corrected chi connectivity index (χ1v) is 2.92. The van der Waals surface area contributed by atoms with Gasteiger partial charge < -0.3 is 5.11 Å². The summed E-state index contributed by atoms with van der Waals surface area (Å²) in [4.78, 5) is 0. The van der Waals surface area contributed by atoms with Gasteiger partial charge in [0.2, 0.25) is 0 Å². The zero-order chi connectivity index (χ0) is 5.98. The number of hydrogen-bond donors (Lipinski definition) is 1. The molecule has 1 nitrogen and oxygen atoms in total. The van der Waals surface area contributed by atoms with E-state index in [4.69, 9.17) is 5.11 Å². The van der Waals surface area contributed by atoms with Crippen LogP contribution >= 0.6 is 0 Å². The molecule has 0 fully saturated rings. The van der Waals surface area contributed by atoms with Crippen LogP contribution in [0.1, 0.15) is 19.8 Å². The summed E-state index contributed by atoms with van der Waals surface area (Å²) in [6.45, 7) is 2.05. The Morgan fingerprint density at radius 2 is 2.50 bits per heavy atom. The molecule has 0 heterocycles. The zero-order valence-electron chi connectivity index (χ0n) is 5.02. The maximum atomic E-state index is 8.98. The van der Waals surface area contributed by atoms with Crippen molar-refractivity contribution in [2.75, 3.05) is 0 Å². The van der Waals surface area contributed by atoms with E-state index in [2.05, 4.69) is 6.92 Å². The average Bonchev–Trinajstić information content (AvgIpc) is 2.14. The highest BCUT2D eigenvalue weighted by Gasteiger charge is 2.03. The third-order valence-electron chi connectivity index (χ3n) is 1.43. The Bertz CT molecular complexity index is 142. The lowest BCUT2D eigenvalue weighted by molar-refractivity contribution is 0.426. The minimum atomic E-state index is 0.479. The predicted molar refractivity (Wildman–Crippen MR) is 33.7 cm³/mol. The van der Waals surface area contributed by atoms with Crippen LogP contribution in [0.3, 0.4) is 0 Å². The van der Waals surface area contributed by atoms with Crippen molar-refractivity contribution in [3.05, 3.63) is 23.5 Å². The molecule has 0 amide bonds. The van der Waals surface area contributed by atoms with E-state index in [9.17, 15) is 0 Å². The molecule has 0 aromatic heterocycles. The molecule has 0 atom stereocenters. The summed E-state index contributed by atoms with van der Waals surface area (Å²) in [6.07, 6.45) is 5.66. The van der Waals surface area contributed by atoms with Gasteiger partial charge in [-0.25, -0.2) is 0 Å². The summed E-state index contributed by atoms with van der Waals surface area (Å²) in [5.41, 5.74) is 1.16. The lowest BCUT2D eigenvalue weighted by atomic mass is 10.2. The Labute approximate surface area is 49.3 Å². The van der Waals surface area contributed by atoms with Crippen molar-refractivity contribution >= 4 is 0 Å². The van der Waals surface area contributed by atoms with Gasteiger partial charge in [-0.3, -0.25) is 0 Å². The monoisotopic (exact) mass is 110 g/mol. The fourth-order valence-electron chi connectivity index (χ4n) is 0.861. The average molecular weight is 110 g/mol. The summed E-state index contributed by atoms with van der Waals surface area (Å²) in [6, 6.07) is 0. The number of allylic oxidation sites excluding steroid dienone is 3. The van der Waals surface area contributed by atoms with Crippen LogP contribution < -0.4 is 0 Å². The molecule has 0 aliphatic heterocycles. The van der Waals surface area contributed by atoms with Crippen LogP contribution in [0, 0.1) is 0 Å². The number of aliphatic hydroxyl groups is 1. The van der Waals surface area contributed by atoms with Crippen molar-refractivity contribution in [1.29, 1.82) is 0 Å². The number of hydrogen-bond acceptors (Lipinski definition) is 1. The molecular formula is C7H10O. The molecule has 0 saturated carbocycles. The molecule has 44 valence electrons. The van der Waals surface area contributed by atoms with E-state index >= 15 is 0 Å². The van der Waals surface area contributed by atoms with Gasteiger partial charge in [0.05, 0.1) is 0 Å². The molecule has 0 aromatic rings. The van der Waals surface area contributed by atoms with Crippen molar-refractivity contribution in [2.24, 2.45) is 0 Å². The molecule has 1 rings (SSSR count). The van der Waals surface area contributed by atoms with Gasteiger partial charge in [0.15, 0.2) is 0 Å². The molecule has 1 aliphatic carbocycles. The summed E-state index contributed by atoms with van der Waals surface area (Å²) in [7, 11) is 0. The minimum Gasteiger partial charge on any atom is -0.508 e. The smallest absolute Gasteiger partial charge is 0.114 e. The van der Waals surface area contributed by atoms with Gasteiger partial charge in [-0.05, 0) is 24.5 Å². The Morgan fingerprint density at radius 3 is 2.75 bits per heavy atom. The van der Waals surface area contributed by atoms with Gasteiger partial charge in [0, 0.05) is 0 Å². The highest BCUT2D eigenvalue weighted by molar-refractivity contribution is 5.27. The van der Waals surface area contributed by atoms with Gasteiger partial charge >= 0.3 is 0 Å². The summed E-state index contributed by atoms with van der Waals surface area (Å²) in [5, 5.41) is 8.98. The Morgan fingerprint density at radius 1 is 1.75 bits per heavy atom. The number of aliphatic hydroxyl groups excluding tert-OH is 1. The second-order valence-electron chi connectivity index (χ2n) is 1.95. The van der Waals surface area contributed by atoms with Crippen LogP contribution in [0.5, 0.6) is 0 Å². The molecule has 0 spiro atoms. The molecule has 0 bridgehead atoms. The molecule has 1 aliphatic rings. The van der Waals surface area contributed by atoms with E-state index in [1.54, 1.807) is 6.08 Å². The molecule has 8 heavy (non-hydrogen) atoms. The Balaban J connectivity index is 2.68. The molecule has 0 saturated heterocycles. The first-order valence-electron chi connectivity index (χ1n) is 2.92. The molecule has 1 heteroatoms. The van der Waals surface area contributed by atoms with Gasteiger partial charge in [0.25, 0.3) is 0 Å². The lowest BCUT2D eigenvalue weighted by Crippen LogP contribution is -1.78. The normalized spacial score (nSPS) is 18.1. The lowest BCUT2D eigenvalue weighted by Gasteiger charge is -1.93. The topological polar surface area (TPSA) is 20.2 Å². The highest BCUT2D eigenvalue weighted by atomic mass is 16.3. The first-order chi connectivity index (χ1) is 3.84. The highest BCUT2D eigenvalue weighted by Crippen LogP contribution is 2.18. The van der Waals surface area contributed by atoms with Crippen LogP contribution in [0.25, 0.3) is 0 Å². The maximum Gasteiger partial charge on any atom is 0.114 e. The van der Waals surface area contributed by atoms with E-state index in [0.717, 1.165) is 18.4 Å². The van der Waals surface area contributed by atoms with Crippen LogP contribution in [0.15, 0.2) is 23.5 Å². The van der Waals surface area contributed by atoms with Gasteiger partial charge in [-0.1, -0.05) is 13.0 Å². The SMILES string of the molecule is CCC1=C(O)C=CC1. The van der Waals surface area contributed by atoms with E-state index in [1.807, 2.05) is 6.08 Å². The molecule has 0 unspecified atom stereocenters. The largest absolute Gasteiger partial charge is 0.508 e. The van der Waals surface area contributed by atoms with Crippen LogP contribution in [0.4, 0.5) is 0 Å². The first kappa shape index (κ1) is 5.42. The van der Waals surface area contributed by atoms with Crippen LogP contribution in [-0.4, -0.2) is 5.11 Å². The van der Waals surface area contributed by atoms with E-state index in [-0.39, 0.29) is 0 Å². The van der Waals surface area contributed by atoms with Crippen molar-refractivity contribution in [3.8, 4) is 0 Å². The summed E-state index contributed by atoms with van der Waals surface area (Å²) >= 11 is 0. The van der Waals surface area contributed by atoms with Crippen molar-refractivity contribution < 1.29 is 5.11 Å². The fourth-order valence-corrected chi connectivity index (χ4v) is 0.861. The Hall–Kier alpha value is -0.720. The minimum absolute atomic E-state index is 0.479. The molecule has 0 aromatic carbocycles. The van der Waals surface area contributed by atoms with E-state index in [1.165, 1.54) is 0 Å². The summed E-state index contributed by atoms with van der Waals surface area (Å²) < 4.78 is 0. The third kappa shape index (κ3) is 0.760. The second-order valence-corrected chi connectivity index (χ2v) is 1.95. The van der Waals surface area contributed by atoms with Gasteiger partial charge in [-0.15, -0.1) is 0 Å². The third-order valence-corrected chi connectivity index (χ3v) is 1.43.